The van der Waals surface area contributed by atoms with Crippen LogP contribution in [0.2, 0.25) is 0 Å². The molecule has 0 aromatic carbocycles. The number of thiophene rings is 1. The number of carbonyl (C=O) groups excluding carboxylic acids is 2. The summed E-state index contributed by atoms with van der Waals surface area (Å²) in [4.78, 5) is 29.2. The third-order valence-corrected chi connectivity index (χ3v) is 5.16. The fourth-order valence-corrected chi connectivity index (χ4v) is 3.42. The zero-order valence-electron chi connectivity index (χ0n) is 15.3. The van der Waals surface area contributed by atoms with E-state index in [1.54, 1.807) is 6.07 Å². The van der Waals surface area contributed by atoms with Gasteiger partial charge in [-0.1, -0.05) is 32.0 Å². The number of hydrogen-bond donors (Lipinski definition) is 1. The Morgan fingerprint density at radius 2 is 2.00 bits per heavy atom. The van der Waals surface area contributed by atoms with Crippen molar-refractivity contribution in [2.75, 3.05) is 38.0 Å². The zero-order valence-corrected chi connectivity index (χ0v) is 16.1. The van der Waals surface area contributed by atoms with Crippen molar-refractivity contribution in [3.63, 3.8) is 0 Å². The number of rotatable bonds is 4. The van der Waals surface area contributed by atoms with E-state index >= 15 is 0 Å². The molecule has 26 heavy (non-hydrogen) atoms. The lowest BCUT2D eigenvalue weighted by atomic mass is 9.92. The molecule has 1 N–H and O–H groups in total. The Bertz CT molecular complexity index is 756. The van der Waals surface area contributed by atoms with Crippen LogP contribution >= 0.6 is 11.3 Å². The van der Waals surface area contributed by atoms with Gasteiger partial charge < -0.3 is 9.42 Å². The second kappa shape index (κ2) is 7.59. The van der Waals surface area contributed by atoms with Crippen molar-refractivity contribution >= 4 is 29.0 Å². The summed E-state index contributed by atoms with van der Waals surface area (Å²) in [6, 6.07) is 5.48. The first kappa shape index (κ1) is 18.6. The maximum Gasteiger partial charge on any atom is 0.264 e. The molecule has 140 valence electrons. The van der Waals surface area contributed by atoms with Crippen LogP contribution in [0.5, 0.6) is 0 Å². The molecule has 0 spiro atoms. The number of piperazine rings is 1. The van der Waals surface area contributed by atoms with Crippen LogP contribution in [0.4, 0.5) is 5.88 Å². The first-order valence-electron chi connectivity index (χ1n) is 8.65. The third kappa shape index (κ3) is 4.50. The van der Waals surface area contributed by atoms with Crippen molar-refractivity contribution in [2.45, 2.75) is 26.2 Å². The van der Waals surface area contributed by atoms with Gasteiger partial charge in [-0.05, 0) is 11.4 Å². The second-order valence-electron chi connectivity index (χ2n) is 7.42. The lowest BCUT2D eigenvalue weighted by Crippen LogP contribution is -2.50. The molecule has 2 aromatic rings. The Kier molecular flexibility index (Phi) is 5.43. The second-order valence-corrected chi connectivity index (χ2v) is 8.37. The minimum absolute atomic E-state index is 0.0699. The predicted molar refractivity (Wildman–Crippen MR) is 100 cm³/mol. The van der Waals surface area contributed by atoms with E-state index in [4.69, 9.17) is 4.52 Å². The highest BCUT2D eigenvalue weighted by Gasteiger charge is 2.24. The average Bonchev–Trinajstić information content (AvgIpc) is 3.26. The summed E-state index contributed by atoms with van der Waals surface area (Å²) >= 11 is 1.46. The molecule has 0 radical (unpaired) electrons. The predicted octanol–water partition coefficient (Wildman–Crippen LogP) is 2.43. The van der Waals surface area contributed by atoms with Crippen molar-refractivity contribution in [3.8, 4) is 0 Å². The van der Waals surface area contributed by atoms with Crippen LogP contribution in [0.25, 0.3) is 0 Å². The summed E-state index contributed by atoms with van der Waals surface area (Å²) in [6.07, 6.45) is 0. The van der Waals surface area contributed by atoms with Gasteiger partial charge in [0.05, 0.1) is 17.1 Å². The molecular formula is C18H24N4O3S. The molecule has 2 amide bonds. The number of nitrogens with one attached hydrogen (secondary N) is 1. The van der Waals surface area contributed by atoms with Crippen molar-refractivity contribution in [3.05, 3.63) is 34.2 Å². The minimum Gasteiger partial charge on any atom is -0.338 e. The zero-order chi connectivity index (χ0) is 18.7. The number of carbonyl (C=O) groups is 2. The molecule has 2 aromatic heterocycles. The van der Waals surface area contributed by atoms with Gasteiger partial charge >= 0.3 is 0 Å². The normalized spacial score (nSPS) is 15.9. The summed E-state index contributed by atoms with van der Waals surface area (Å²) < 4.78 is 5.19. The monoisotopic (exact) mass is 376 g/mol. The molecule has 3 rings (SSSR count). The molecule has 0 aliphatic carbocycles. The van der Waals surface area contributed by atoms with Crippen molar-refractivity contribution in [2.24, 2.45) is 0 Å². The SMILES string of the molecule is CC(C)(C)c1cc(NC(=O)CN2CCN(C(=O)c3cccs3)CC2)on1. The van der Waals surface area contributed by atoms with Gasteiger partial charge in [0.25, 0.3) is 5.91 Å². The van der Waals surface area contributed by atoms with Gasteiger partial charge in [0.1, 0.15) is 0 Å². The van der Waals surface area contributed by atoms with E-state index in [0.29, 0.717) is 32.1 Å². The Labute approximate surface area is 156 Å². The fourth-order valence-electron chi connectivity index (χ4n) is 2.73. The quantitative estimate of drug-likeness (QED) is 0.887. The minimum atomic E-state index is -0.139. The highest BCUT2D eigenvalue weighted by atomic mass is 32.1. The summed E-state index contributed by atoms with van der Waals surface area (Å²) in [7, 11) is 0. The third-order valence-electron chi connectivity index (χ3n) is 4.30. The number of amides is 2. The lowest BCUT2D eigenvalue weighted by molar-refractivity contribution is -0.117. The molecule has 1 fully saturated rings. The van der Waals surface area contributed by atoms with Crippen LogP contribution in [0.15, 0.2) is 28.1 Å². The standard InChI is InChI=1S/C18H24N4O3S/c1-18(2,3)14-11-16(25-20-14)19-15(23)12-21-6-8-22(9-7-21)17(24)13-5-4-10-26-13/h4-5,10-11H,6-9,12H2,1-3H3,(H,19,23). The van der Waals surface area contributed by atoms with Gasteiger partial charge in [-0.15, -0.1) is 11.3 Å². The van der Waals surface area contributed by atoms with E-state index in [1.807, 2.05) is 48.1 Å². The van der Waals surface area contributed by atoms with E-state index < -0.39 is 0 Å². The van der Waals surface area contributed by atoms with Crippen LogP contribution in [-0.4, -0.2) is 59.5 Å². The number of anilines is 1. The van der Waals surface area contributed by atoms with Crippen LogP contribution in [-0.2, 0) is 10.2 Å². The summed E-state index contributed by atoms with van der Waals surface area (Å²) in [6.45, 7) is 8.98. The van der Waals surface area contributed by atoms with Crippen molar-refractivity contribution in [1.29, 1.82) is 0 Å². The maximum absolute atomic E-state index is 12.3. The molecule has 0 bridgehead atoms. The molecular weight excluding hydrogens is 352 g/mol. The average molecular weight is 376 g/mol. The van der Waals surface area contributed by atoms with Crippen LogP contribution in [0, 0.1) is 0 Å². The topological polar surface area (TPSA) is 78.7 Å². The maximum atomic E-state index is 12.3. The van der Waals surface area contributed by atoms with Crippen molar-refractivity contribution < 1.29 is 14.1 Å². The molecule has 0 saturated carbocycles. The van der Waals surface area contributed by atoms with E-state index in [1.165, 1.54) is 11.3 Å². The van der Waals surface area contributed by atoms with Gasteiger partial charge in [-0.3, -0.25) is 19.8 Å². The van der Waals surface area contributed by atoms with E-state index in [-0.39, 0.29) is 23.8 Å². The van der Waals surface area contributed by atoms with Crippen LogP contribution in [0.1, 0.15) is 36.1 Å². The largest absolute Gasteiger partial charge is 0.338 e. The Morgan fingerprint density at radius 3 is 2.58 bits per heavy atom. The summed E-state index contributed by atoms with van der Waals surface area (Å²) in [5.41, 5.74) is 0.672. The molecule has 1 aliphatic rings. The molecule has 1 saturated heterocycles. The highest BCUT2D eigenvalue weighted by molar-refractivity contribution is 7.12. The number of nitrogens with zero attached hydrogens (tertiary/aromatic N) is 3. The fraction of sp³-hybridized carbons (Fsp3) is 0.500. The lowest BCUT2D eigenvalue weighted by Gasteiger charge is -2.34. The van der Waals surface area contributed by atoms with Gasteiger partial charge in [0, 0.05) is 37.7 Å². The molecule has 7 nitrogen and oxygen atoms in total. The molecule has 0 unspecified atom stereocenters. The molecule has 8 heteroatoms. The molecule has 1 aliphatic heterocycles. The van der Waals surface area contributed by atoms with E-state index in [2.05, 4.69) is 10.5 Å². The first-order valence-corrected chi connectivity index (χ1v) is 9.53. The van der Waals surface area contributed by atoms with E-state index in [0.717, 1.165) is 10.6 Å². The van der Waals surface area contributed by atoms with Crippen LogP contribution in [0.3, 0.4) is 0 Å². The first-order chi connectivity index (χ1) is 12.3. The Morgan fingerprint density at radius 1 is 1.27 bits per heavy atom. The van der Waals surface area contributed by atoms with Crippen LogP contribution < -0.4 is 5.32 Å². The van der Waals surface area contributed by atoms with Gasteiger partial charge in [0.15, 0.2) is 0 Å². The molecule has 0 atom stereocenters. The number of aromatic nitrogens is 1. The smallest absolute Gasteiger partial charge is 0.264 e. The van der Waals surface area contributed by atoms with E-state index in [9.17, 15) is 9.59 Å². The highest BCUT2D eigenvalue weighted by Crippen LogP contribution is 2.23. The van der Waals surface area contributed by atoms with Gasteiger partial charge in [-0.2, -0.15) is 0 Å². The summed E-state index contributed by atoms with van der Waals surface area (Å²) in [5, 5.41) is 8.65. The Hall–Kier alpha value is -2.19. The molecule has 3 heterocycles. The summed E-state index contributed by atoms with van der Waals surface area (Å²) in [5.74, 6) is 0.298. The number of hydrogen-bond acceptors (Lipinski definition) is 6. The van der Waals surface area contributed by atoms with Gasteiger partial charge in [-0.25, -0.2) is 0 Å². The Balaban J connectivity index is 1.46. The van der Waals surface area contributed by atoms with Gasteiger partial charge in [0.2, 0.25) is 11.8 Å². The van der Waals surface area contributed by atoms with Crippen molar-refractivity contribution in [1.82, 2.24) is 15.0 Å².